The second-order valence-corrected chi connectivity index (χ2v) is 5.88. The van der Waals surface area contributed by atoms with E-state index in [0.717, 1.165) is 19.3 Å². The first-order chi connectivity index (χ1) is 9.25. The van der Waals surface area contributed by atoms with Gasteiger partial charge in [0.1, 0.15) is 0 Å². The Balaban J connectivity index is 1.46. The van der Waals surface area contributed by atoms with Crippen molar-refractivity contribution in [2.75, 3.05) is 13.1 Å². The van der Waals surface area contributed by atoms with E-state index in [9.17, 15) is 9.59 Å². The van der Waals surface area contributed by atoms with Gasteiger partial charge in [-0.25, -0.2) is 0 Å². The molecule has 0 radical (unpaired) electrons. The van der Waals surface area contributed by atoms with Crippen LogP contribution in [0.25, 0.3) is 0 Å². The van der Waals surface area contributed by atoms with E-state index in [1.807, 2.05) is 11.4 Å². The second kappa shape index (κ2) is 7.28. The Labute approximate surface area is 117 Å². The predicted octanol–water partition coefficient (Wildman–Crippen LogP) is 1.71. The lowest BCUT2D eigenvalue weighted by Gasteiger charge is -2.05. The first-order valence-corrected chi connectivity index (χ1v) is 7.70. The van der Waals surface area contributed by atoms with E-state index >= 15 is 0 Å². The fraction of sp³-hybridized carbons (Fsp3) is 0.571. The van der Waals surface area contributed by atoms with Crippen molar-refractivity contribution in [1.82, 2.24) is 10.6 Å². The predicted molar refractivity (Wildman–Crippen MR) is 76.0 cm³/mol. The van der Waals surface area contributed by atoms with E-state index in [0.29, 0.717) is 25.9 Å². The van der Waals surface area contributed by atoms with Crippen LogP contribution < -0.4 is 10.6 Å². The smallest absolute Gasteiger partial charge is 0.223 e. The Kier molecular flexibility index (Phi) is 5.39. The first kappa shape index (κ1) is 14.1. The third kappa shape index (κ3) is 5.42. The Bertz CT molecular complexity index is 413. The monoisotopic (exact) mass is 280 g/mol. The number of amides is 2. The summed E-state index contributed by atoms with van der Waals surface area (Å²) in [7, 11) is 0. The normalized spacial score (nSPS) is 14.1. The molecule has 1 saturated carbocycles. The summed E-state index contributed by atoms with van der Waals surface area (Å²) >= 11 is 1.71. The zero-order valence-corrected chi connectivity index (χ0v) is 11.8. The molecule has 0 bridgehead atoms. The zero-order chi connectivity index (χ0) is 13.5. The molecule has 1 aromatic heterocycles. The maximum Gasteiger partial charge on any atom is 0.223 e. The van der Waals surface area contributed by atoms with Crippen molar-refractivity contribution in [2.45, 2.75) is 32.1 Å². The second-order valence-electron chi connectivity index (χ2n) is 4.85. The molecule has 1 heterocycles. The molecule has 104 valence electrons. The number of carbonyl (C=O) groups excluding carboxylic acids is 2. The lowest BCUT2D eigenvalue weighted by Crippen LogP contribution is -2.29. The Morgan fingerprint density at radius 2 is 2.11 bits per heavy atom. The minimum absolute atomic E-state index is 0.0669. The molecule has 2 amide bonds. The highest BCUT2D eigenvalue weighted by atomic mass is 32.1. The highest BCUT2D eigenvalue weighted by molar-refractivity contribution is 7.09. The number of thiophene rings is 1. The molecular formula is C14H20N2O2S. The molecule has 4 nitrogen and oxygen atoms in total. The lowest BCUT2D eigenvalue weighted by atomic mass is 10.2. The molecule has 1 aliphatic rings. The van der Waals surface area contributed by atoms with E-state index < -0.39 is 0 Å². The van der Waals surface area contributed by atoms with Gasteiger partial charge in [-0.2, -0.15) is 0 Å². The lowest BCUT2D eigenvalue weighted by molar-refractivity contribution is -0.123. The van der Waals surface area contributed by atoms with Crippen LogP contribution >= 0.6 is 11.3 Å². The molecule has 0 spiro atoms. The van der Waals surface area contributed by atoms with E-state index in [2.05, 4.69) is 16.7 Å². The third-order valence-corrected chi connectivity index (χ3v) is 4.04. The van der Waals surface area contributed by atoms with Gasteiger partial charge in [0.15, 0.2) is 0 Å². The average molecular weight is 280 g/mol. The van der Waals surface area contributed by atoms with E-state index in [4.69, 9.17) is 0 Å². The van der Waals surface area contributed by atoms with Crippen molar-refractivity contribution in [3.05, 3.63) is 22.4 Å². The Morgan fingerprint density at radius 3 is 2.79 bits per heavy atom. The van der Waals surface area contributed by atoms with Crippen LogP contribution in [0.4, 0.5) is 0 Å². The van der Waals surface area contributed by atoms with Crippen molar-refractivity contribution in [3.63, 3.8) is 0 Å². The van der Waals surface area contributed by atoms with Gasteiger partial charge in [0.25, 0.3) is 0 Å². The van der Waals surface area contributed by atoms with Gasteiger partial charge in [-0.15, -0.1) is 11.3 Å². The van der Waals surface area contributed by atoms with Crippen molar-refractivity contribution in [2.24, 2.45) is 5.92 Å². The van der Waals surface area contributed by atoms with Crippen LogP contribution in [0.5, 0.6) is 0 Å². The van der Waals surface area contributed by atoms with Crippen molar-refractivity contribution in [3.8, 4) is 0 Å². The topological polar surface area (TPSA) is 58.2 Å². The van der Waals surface area contributed by atoms with Crippen molar-refractivity contribution in [1.29, 1.82) is 0 Å². The highest BCUT2D eigenvalue weighted by Crippen LogP contribution is 2.28. The quantitative estimate of drug-likeness (QED) is 0.712. The largest absolute Gasteiger partial charge is 0.356 e. The summed E-state index contributed by atoms with van der Waals surface area (Å²) in [6.07, 6.45) is 4.13. The van der Waals surface area contributed by atoms with Crippen LogP contribution in [0.3, 0.4) is 0 Å². The van der Waals surface area contributed by atoms with Gasteiger partial charge in [-0.3, -0.25) is 9.59 Å². The number of hydrogen-bond donors (Lipinski definition) is 2. The maximum atomic E-state index is 11.5. The van der Waals surface area contributed by atoms with Gasteiger partial charge in [-0.1, -0.05) is 6.07 Å². The Hall–Kier alpha value is -1.36. The van der Waals surface area contributed by atoms with Crippen LogP contribution in [-0.4, -0.2) is 24.9 Å². The van der Waals surface area contributed by atoms with E-state index in [-0.39, 0.29) is 17.7 Å². The highest BCUT2D eigenvalue weighted by Gasteiger charge is 2.28. The average Bonchev–Trinajstić information content (AvgIpc) is 3.13. The van der Waals surface area contributed by atoms with E-state index in [1.165, 1.54) is 4.88 Å². The van der Waals surface area contributed by atoms with Gasteiger partial charge < -0.3 is 10.6 Å². The minimum Gasteiger partial charge on any atom is -0.356 e. The standard InChI is InChI=1S/C14H20N2O2S/c17-13(15-9-7-12-3-2-10-19-12)4-1-8-16-14(18)11-5-6-11/h2-3,10-11H,1,4-9H2,(H,15,17)(H,16,18). The van der Waals surface area contributed by atoms with Gasteiger partial charge in [0.2, 0.25) is 11.8 Å². The fourth-order valence-electron chi connectivity index (χ4n) is 1.82. The molecule has 0 saturated heterocycles. The molecule has 0 aromatic carbocycles. The summed E-state index contributed by atoms with van der Waals surface area (Å²) in [5.41, 5.74) is 0. The molecule has 5 heteroatoms. The summed E-state index contributed by atoms with van der Waals surface area (Å²) in [4.78, 5) is 24.2. The minimum atomic E-state index is 0.0669. The maximum absolute atomic E-state index is 11.5. The summed E-state index contributed by atoms with van der Waals surface area (Å²) in [6.45, 7) is 1.29. The van der Waals surface area contributed by atoms with Crippen molar-refractivity contribution >= 4 is 23.2 Å². The van der Waals surface area contributed by atoms with Gasteiger partial charge in [-0.05, 0) is 37.1 Å². The molecule has 0 aliphatic heterocycles. The van der Waals surface area contributed by atoms with Gasteiger partial charge in [0.05, 0.1) is 0 Å². The summed E-state index contributed by atoms with van der Waals surface area (Å²) in [5.74, 6) is 0.468. The zero-order valence-electron chi connectivity index (χ0n) is 11.0. The van der Waals surface area contributed by atoms with E-state index in [1.54, 1.807) is 11.3 Å². The third-order valence-electron chi connectivity index (χ3n) is 3.10. The number of nitrogens with one attached hydrogen (secondary N) is 2. The number of carbonyl (C=O) groups is 2. The SMILES string of the molecule is O=C(CCCNC(=O)C1CC1)NCCc1cccs1. The molecule has 2 N–H and O–H groups in total. The number of hydrogen-bond acceptors (Lipinski definition) is 3. The van der Waals surface area contributed by atoms with Crippen LogP contribution in [0.15, 0.2) is 17.5 Å². The van der Waals surface area contributed by atoms with Crippen LogP contribution in [0.1, 0.15) is 30.6 Å². The molecule has 1 aromatic rings. The molecule has 19 heavy (non-hydrogen) atoms. The first-order valence-electron chi connectivity index (χ1n) is 6.82. The van der Waals surface area contributed by atoms with Gasteiger partial charge in [0, 0.05) is 30.3 Å². The van der Waals surface area contributed by atoms with Gasteiger partial charge >= 0.3 is 0 Å². The summed E-state index contributed by atoms with van der Waals surface area (Å²) < 4.78 is 0. The number of rotatable bonds is 8. The van der Waals surface area contributed by atoms with Crippen LogP contribution in [0, 0.1) is 5.92 Å². The van der Waals surface area contributed by atoms with Crippen molar-refractivity contribution < 1.29 is 9.59 Å². The molecule has 1 aliphatic carbocycles. The summed E-state index contributed by atoms with van der Waals surface area (Å²) in [5, 5.41) is 7.80. The molecule has 0 atom stereocenters. The summed E-state index contributed by atoms with van der Waals surface area (Å²) in [6, 6.07) is 4.09. The van der Waals surface area contributed by atoms with Crippen LogP contribution in [-0.2, 0) is 16.0 Å². The van der Waals surface area contributed by atoms with Crippen LogP contribution in [0.2, 0.25) is 0 Å². The molecule has 0 unspecified atom stereocenters. The molecular weight excluding hydrogens is 260 g/mol. The molecule has 2 rings (SSSR count). The Morgan fingerprint density at radius 1 is 1.26 bits per heavy atom. The molecule has 1 fully saturated rings. The fourth-order valence-corrected chi connectivity index (χ4v) is 2.53.